The lowest BCUT2D eigenvalue weighted by molar-refractivity contribution is 0.288. The zero-order chi connectivity index (χ0) is 13.9. The van der Waals surface area contributed by atoms with Crippen molar-refractivity contribution in [2.24, 2.45) is 0 Å². The van der Waals surface area contributed by atoms with E-state index in [1.54, 1.807) is 0 Å². The fraction of sp³-hybridized carbons (Fsp3) is 0.467. The van der Waals surface area contributed by atoms with Gasteiger partial charge in [0.05, 0.1) is 0 Å². The number of nitrogens with zero attached hydrogens (tertiary/aromatic N) is 3. The molecule has 1 aromatic heterocycles. The van der Waals surface area contributed by atoms with Crippen molar-refractivity contribution in [3.63, 3.8) is 0 Å². The Morgan fingerprint density at radius 2 is 2.15 bits per heavy atom. The first-order chi connectivity index (χ1) is 9.74. The fourth-order valence-corrected chi connectivity index (χ4v) is 2.62. The second-order valence-electron chi connectivity index (χ2n) is 5.19. The monoisotopic (exact) mass is 291 g/mol. The largest absolute Gasteiger partial charge is 0.486 e. The van der Waals surface area contributed by atoms with E-state index in [1.807, 2.05) is 25.1 Å². The number of benzene rings is 1. The highest BCUT2D eigenvalue weighted by atomic mass is 35.5. The Hall–Kier alpha value is -1.55. The Morgan fingerprint density at radius 1 is 1.25 bits per heavy atom. The average molecular weight is 292 g/mol. The van der Waals surface area contributed by atoms with Gasteiger partial charge in [0.15, 0.2) is 5.82 Å². The number of ether oxygens (including phenoxy) is 1. The van der Waals surface area contributed by atoms with E-state index in [0.29, 0.717) is 6.61 Å². The summed E-state index contributed by atoms with van der Waals surface area (Å²) in [5.74, 6) is 2.82. The smallest absolute Gasteiger partial charge is 0.171 e. The van der Waals surface area contributed by atoms with Crippen LogP contribution in [-0.4, -0.2) is 14.8 Å². The van der Waals surface area contributed by atoms with E-state index in [-0.39, 0.29) is 0 Å². The van der Waals surface area contributed by atoms with Crippen LogP contribution in [0.2, 0.25) is 5.02 Å². The first-order valence-corrected chi connectivity index (χ1v) is 7.42. The van der Waals surface area contributed by atoms with Gasteiger partial charge >= 0.3 is 0 Å². The molecule has 1 aliphatic rings. The maximum atomic E-state index is 6.01. The van der Waals surface area contributed by atoms with E-state index in [0.717, 1.165) is 40.9 Å². The fourth-order valence-electron chi connectivity index (χ4n) is 2.51. The van der Waals surface area contributed by atoms with Crippen molar-refractivity contribution in [2.45, 2.75) is 45.8 Å². The van der Waals surface area contributed by atoms with Gasteiger partial charge in [-0.05, 0) is 43.5 Å². The van der Waals surface area contributed by atoms with Crippen LogP contribution in [0.4, 0.5) is 0 Å². The number of aromatic nitrogens is 3. The van der Waals surface area contributed by atoms with Gasteiger partial charge in [-0.15, -0.1) is 10.2 Å². The van der Waals surface area contributed by atoms with Crippen LogP contribution in [0.1, 0.15) is 36.5 Å². The quantitative estimate of drug-likeness (QED) is 0.868. The first-order valence-electron chi connectivity index (χ1n) is 7.04. The Labute approximate surface area is 123 Å². The van der Waals surface area contributed by atoms with Crippen LogP contribution >= 0.6 is 11.6 Å². The predicted octanol–water partition coefficient (Wildman–Crippen LogP) is 3.55. The molecule has 0 fully saturated rings. The van der Waals surface area contributed by atoms with Crippen molar-refractivity contribution < 1.29 is 4.74 Å². The van der Waals surface area contributed by atoms with Crippen LogP contribution < -0.4 is 4.74 Å². The summed E-state index contributed by atoms with van der Waals surface area (Å²) in [6, 6.07) is 5.69. The summed E-state index contributed by atoms with van der Waals surface area (Å²) in [5, 5.41) is 9.29. The average Bonchev–Trinajstić information content (AvgIpc) is 2.68. The molecular weight excluding hydrogens is 274 g/mol. The molecular formula is C15H18ClN3O. The van der Waals surface area contributed by atoms with Crippen molar-refractivity contribution in [1.29, 1.82) is 0 Å². The van der Waals surface area contributed by atoms with E-state index in [9.17, 15) is 0 Å². The van der Waals surface area contributed by atoms with E-state index in [2.05, 4.69) is 14.8 Å². The summed E-state index contributed by atoms with van der Waals surface area (Å²) < 4.78 is 8.02. The molecule has 0 N–H and O–H groups in total. The molecule has 0 radical (unpaired) electrons. The molecule has 0 bridgehead atoms. The van der Waals surface area contributed by atoms with E-state index in [1.165, 1.54) is 19.3 Å². The Bertz CT molecular complexity index is 609. The summed E-state index contributed by atoms with van der Waals surface area (Å²) in [6.07, 6.45) is 4.68. The number of hydrogen-bond donors (Lipinski definition) is 0. The number of rotatable bonds is 3. The molecule has 0 unspecified atom stereocenters. The molecule has 106 valence electrons. The van der Waals surface area contributed by atoms with Gasteiger partial charge in [0.25, 0.3) is 0 Å². The summed E-state index contributed by atoms with van der Waals surface area (Å²) in [4.78, 5) is 0. The number of fused-ring (bicyclic) bond motifs is 1. The number of halogens is 1. The molecule has 20 heavy (non-hydrogen) atoms. The summed E-state index contributed by atoms with van der Waals surface area (Å²) >= 11 is 6.01. The standard InChI is InChI=1S/C15H18ClN3O/c1-11-9-12(6-7-13(11)16)20-10-15-18-17-14-5-3-2-4-8-19(14)15/h6-7,9H,2-5,8,10H2,1H3. The number of aryl methyl sites for hydroxylation is 2. The van der Waals surface area contributed by atoms with Crippen LogP contribution in [0.25, 0.3) is 0 Å². The molecule has 0 saturated heterocycles. The molecule has 5 heteroatoms. The van der Waals surface area contributed by atoms with E-state index < -0.39 is 0 Å². The minimum atomic E-state index is 0.452. The van der Waals surface area contributed by atoms with E-state index >= 15 is 0 Å². The van der Waals surface area contributed by atoms with E-state index in [4.69, 9.17) is 16.3 Å². The molecule has 0 saturated carbocycles. The predicted molar refractivity (Wildman–Crippen MR) is 78.1 cm³/mol. The van der Waals surface area contributed by atoms with Gasteiger partial charge in [-0.25, -0.2) is 0 Å². The van der Waals surface area contributed by atoms with Crippen LogP contribution in [0.5, 0.6) is 5.75 Å². The lowest BCUT2D eigenvalue weighted by Gasteiger charge is -2.09. The lowest BCUT2D eigenvalue weighted by atomic mass is 10.2. The third-order valence-electron chi connectivity index (χ3n) is 3.68. The third kappa shape index (κ3) is 2.80. The SMILES string of the molecule is Cc1cc(OCc2nnc3n2CCCCC3)ccc1Cl. The minimum absolute atomic E-state index is 0.452. The Kier molecular flexibility index (Phi) is 3.92. The second-order valence-corrected chi connectivity index (χ2v) is 5.60. The molecule has 0 aliphatic carbocycles. The molecule has 0 spiro atoms. The second kappa shape index (κ2) is 5.83. The highest BCUT2D eigenvalue weighted by Gasteiger charge is 2.14. The number of hydrogen-bond acceptors (Lipinski definition) is 3. The van der Waals surface area contributed by atoms with Gasteiger partial charge < -0.3 is 9.30 Å². The highest BCUT2D eigenvalue weighted by molar-refractivity contribution is 6.31. The zero-order valence-corrected chi connectivity index (χ0v) is 12.4. The van der Waals surface area contributed by atoms with Gasteiger partial charge in [-0.2, -0.15) is 0 Å². The highest BCUT2D eigenvalue weighted by Crippen LogP contribution is 2.22. The van der Waals surface area contributed by atoms with Crippen LogP contribution in [0, 0.1) is 6.92 Å². The summed E-state index contributed by atoms with van der Waals surface area (Å²) in [7, 11) is 0. The van der Waals surface area contributed by atoms with Gasteiger partial charge in [-0.1, -0.05) is 18.0 Å². The first kappa shape index (κ1) is 13.4. The van der Waals surface area contributed by atoms with Gasteiger partial charge in [0.2, 0.25) is 0 Å². The normalized spacial score (nSPS) is 14.7. The maximum absolute atomic E-state index is 6.01. The van der Waals surface area contributed by atoms with Crippen molar-refractivity contribution >= 4 is 11.6 Å². The molecule has 1 aliphatic heterocycles. The minimum Gasteiger partial charge on any atom is -0.486 e. The van der Waals surface area contributed by atoms with Gasteiger partial charge in [0.1, 0.15) is 18.2 Å². The molecule has 2 aromatic rings. The molecule has 0 atom stereocenters. The van der Waals surface area contributed by atoms with Crippen molar-refractivity contribution in [3.05, 3.63) is 40.4 Å². The summed E-state index contributed by atoms with van der Waals surface area (Å²) in [5.41, 5.74) is 1.02. The zero-order valence-electron chi connectivity index (χ0n) is 11.6. The Morgan fingerprint density at radius 3 is 3.00 bits per heavy atom. The van der Waals surface area contributed by atoms with Gasteiger partial charge in [0, 0.05) is 18.0 Å². The maximum Gasteiger partial charge on any atom is 0.171 e. The van der Waals surface area contributed by atoms with Gasteiger partial charge in [-0.3, -0.25) is 0 Å². The van der Waals surface area contributed by atoms with Crippen LogP contribution in [0.3, 0.4) is 0 Å². The topological polar surface area (TPSA) is 39.9 Å². The van der Waals surface area contributed by atoms with Crippen LogP contribution in [-0.2, 0) is 19.6 Å². The Balaban J connectivity index is 1.72. The van der Waals surface area contributed by atoms with Crippen molar-refractivity contribution in [2.75, 3.05) is 0 Å². The molecule has 2 heterocycles. The third-order valence-corrected chi connectivity index (χ3v) is 4.11. The molecule has 3 rings (SSSR count). The van der Waals surface area contributed by atoms with Crippen LogP contribution in [0.15, 0.2) is 18.2 Å². The summed E-state index contributed by atoms with van der Waals surface area (Å²) in [6.45, 7) is 3.42. The van der Waals surface area contributed by atoms with Crippen molar-refractivity contribution in [3.8, 4) is 5.75 Å². The molecule has 1 aromatic carbocycles. The van der Waals surface area contributed by atoms with Crippen molar-refractivity contribution in [1.82, 2.24) is 14.8 Å². The molecule has 0 amide bonds. The molecule has 4 nitrogen and oxygen atoms in total. The lowest BCUT2D eigenvalue weighted by Crippen LogP contribution is -2.08.